The molecule has 5 heteroatoms. The monoisotopic (exact) mass is 414 g/mol. The highest BCUT2D eigenvalue weighted by Crippen LogP contribution is 2.28. The van der Waals surface area contributed by atoms with E-state index in [0.29, 0.717) is 17.5 Å². The number of carbonyl (C=O) groups excluding carboxylic acids is 1. The number of ether oxygens (including phenoxy) is 1. The Hall–Kier alpha value is -3.60. The topological polar surface area (TPSA) is 64.4 Å². The maximum Gasteiger partial charge on any atom is 0.262 e. The first-order valence-corrected chi connectivity index (χ1v) is 10.4. The molecule has 0 spiro atoms. The predicted octanol–water partition coefficient (Wildman–Crippen LogP) is 6.25. The minimum absolute atomic E-state index is 0.0601. The molecule has 1 amide bonds. The Labute approximate surface area is 182 Å². The van der Waals surface area contributed by atoms with E-state index in [1.807, 2.05) is 62.4 Å². The van der Waals surface area contributed by atoms with E-state index in [9.17, 15) is 4.79 Å². The van der Waals surface area contributed by atoms with E-state index in [2.05, 4.69) is 36.3 Å². The van der Waals surface area contributed by atoms with Gasteiger partial charge in [0.05, 0.1) is 0 Å². The molecule has 5 nitrogen and oxygen atoms in total. The number of aromatic nitrogens is 1. The Morgan fingerprint density at radius 2 is 1.87 bits per heavy atom. The van der Waals surface area contributed by atoms with Gasteiger partial charge in [0.15, 0.2) is 12.2 Å². The fraction of sp³-hybridized carbons (Fsp3) is 0.231. The van der Waals surface area contributed by atoms with E-state index in [-0.39, 0.29) is 12.5 Å². The highest BCUT2D eigenvalue weighted by molar-refractivity contribution is 5.92. The second kappa shape index (κ2) is 8.64. The van der Waals surface area contributed by atoms with E-state index in [0.717, 1.165) is 33.5 Å². The van der Waals surface area contributed by atoms with Crippen LogP contribution in [0.1, 0.15) is 36.5 Å². The largest absolute Gasteiger partial charge is 0.483 e. The molecular weight excluding hydrogens is 388 g/mol. The summed E-state index contributed by atoms with van der Waals surface area (Å²) in [5, 5.41) is 2.88. The lowest BCUT2D eigenvalue weighted by Crippen LogP contribution is -2.20. The third kappa shape index (κ3) is 4.61. The van der Waals surface area contributed by atoms with Crippen molar-refractivity contribution in [2.75, 3.05) is 11.9 Å². The molecular formula is C26H26N2O3. The number of aryl methyl sites for hydroxylation is 1. The van der Waals surface area contributed by atoms with Crippen molar-refractivity contribution < 1.29 is 13.9 Å². The van der Waals surface area contributed by atoms with Gasteiger partial charge in [0.2, 0.25) is 5.89 Å². The molecule has 31 heavy (non-hydrogen) atoms. The highest BCUT2D eigenvalue weighted by atomic mass is 16.5. The summed E-state index contributed by atoms with van der Waals surface area (Å²) in [7, 11) is 0. The second-order valence-electron chi connectivity index (χ2n) is 8.02. The molecule has 0 bridgehead atoms. The Bertz CT molecular complexity index is 1240. The van der Waals surface area contributed by atoms with Crippen LogP contribution in [-0.2, 0) is 4.79 Å². The molecule has 1 heterocycles. The van der Waals surface area contributed by atoms with Gasteiger partial charge in [-0.15, -0.1) is 0 Å². The van der Waals surface area contributed by atoms with Crippen LogP contribution in [0, 0.1) is 13.8 Å². The zero-order valence-corrected chi connectivity index (χ0v) is 18.2. The van der Waals surface area contributed by atoms with Crippen LogP contribution in [0.25, 0.3) is 22.6 Å². The van der Waals surface area contributed by atoms with Gasteiger partial charge in [-0.25, -0.2) is 4.98 Å². The Balaban J connectivity index is 1.47. The predicted molar refractivity (Wildman–Crippen MR) is 124 cm³/mol. The van der Waals surface area contributed by atoms with Gasteiger partial charge in [-0.1, -0.05) is 38.1 Å². The second-order valence-corrected chi connectivity index (χ2v) is 8.02. The number of rotatable bonds is 6. The number of amides is 1. The van der Waals surface area contributed by atoms with E-state index >= 15 is 0 Å². The van der Waals surface area contributed by atoms with E-state index in [1.54, 1.807) is 0 Å². The Morgan fingerprint density at radius 3 is 2.68 bits per heavy atom. The standard InChI is InChI=1S/C26H26N2O3/c1-16(2)19-11-12-24-22(14-19)28-26(31-24)20-8-6-9-21(13-20)27-25(29)15-30-23-10-5-7-17(3)18(23)4/h5-14,16H,15H2,1-4H3,(H,27,29). The van der Waals surface area contributed by atoms with Crippen LogP contribution in [0.4, 0.5) is 5.69 Å². The van der Waals surface area contributed by atoms with Crippen LogP contribution in [0.2, 0.25) is 0 Å². The van der Waals surface area contributed by atoms with Crippen molar-refractivity contribution in [2.45, 2.75) is 33.6 Å². The third-order valence-electron chi connectivity index (χ3n) is 5.39. The van der Waals surface area contributed by atoms with Crippen LogP contribution in [0.3, 0.4) is 0 Å². The quantitative estimate of drug-likeness (QED) is 0.405. The maximum absolute atomic E-state index is 12.4. The smallest absolute Gasteiger partial charge is 0.262 e. The number of carbonyl (C=O) groups is 1. The van der Waals surface area contributed by atoms with Gasteiger partial charge in [0, 0.05) is 11.3 Å². The zero-order chi connectivity index (χ0) is 22.0. The number of hydrogen-bond acceptors (Lipinski definition) is 4. The molecule has 0 unspecified atom stereocenters. The van der Waals surface area contributed by atoms with Crippen molar-refractivity contribution in [1.82, 2.24) is 4.98 Å². The minimum atomic E-state index is -0.225. The molecule has 0 aliphatic heterocycles. The first kappa shape index (κ1) is 20.7. The summed E-state index contributed by atoms with van der Waals surface area (Å²) >= 11 is 0. The van der Waals surface area contributed by atoms with Gasteiger partial charge in [0.1, 0.15) is 11.3 Å². The van der Waals surface area contributed by atoms with Crippen molar-refractivity contribution >= 4 is 22.7 Å². The summed E-state index contributed by atoms with van der Waals surface area (Å²) in [6.07, 6.45) is 0. The fourth-order valence-corrected chi connectivity index (χ4v) is 3.38. The van der Waals surface area contributed by atoms with Crippen molar-refractivity contribution in [3.8, 4) is 17.2 Å². The summed E-state index contributed by atoms with van der Waals surface area (Å²) < 4.78 is 11.6. The third-order valence-corrected chi connectivity index (χ3v) is 5.39. The molecule has 0 fully saturated rings. The van der Waals surface area contributed by atoms with Crippen LogP contribution >= 0.6 is 0 Å². The van der Waals surface area contributed by atoms with Gasteiger partial charge in [-0.05, 0) is 72.9 Å². The molecule has 4 aromatic rings. The summed E-state index contributed by atoms with van der Waals surface area (Å²) in [6, 6.07) is 19.3. The van der Waals surface area contributed by atoms with Gasteiger partial charge in [0.25, 0.3) is 5.91 Å². The molecule has 0 radical (unpaired) electrons. The van der Waals surface area contributed by atoms with Crippen LogP contribution in [0.15, 0.2) is 65.1 Å². The number of anilines is 1. The van der Waals surface area contributed by atoms with Crippen LogP contribution < -0.4 is 10.1 Å². The van der Waals surface area contributed by atoms with Crippen LogP contribution in [-0.4, -0.2) is 17.5 Å². The number of benzene rings is 3. The average molecular weight is 415 g/mol. The summed E-state index contributed by atoms with van der Waals surface area (Å²) in [5.74, 6) is 1.45. The first-order valence-electron chi connectivity index (χ1n) is 10.4. The summed E-state index contributed by atoms with van der Waals surface area (Å²) in [5.41, 5.74) is 6.43. The molecule has 0 saturated heterocycles. The molecule has 1 aromatic heterocycles. The van der Waals surface area contributed by atoms with Crippen LogP contribution in [0.5, 0.6) is 5.75 Å². The highest BCUT2D eigenvalue weighted by Gasteiger charge is 2.12. The fourth-order valence-electron chi connectivity index (χ4n) is 3.38. The van der Waals surface area contributed by atoms with Gasteiger partial charge >= 0.3 is 0 Å². The van der Waals surface area contributed by atoms with Crippen molar-refractivity contribution in [3.63, 3.8) is 0 Å². The number of nitrogens with zero attached hydrogens (tertiary/aromatic N) is 1. The molecule has 0 aliphatic carbocycles. The van der Waals surface area contributed by atoms with Gasteiger partial charge < -0.3 is 14.5 Å². The lowest BCUT2D eigenvalue weighted by molar-refractivity contribution is -0.118. The van der Waals surface area contributed by atoms with Crippen molar-refractivity contribution in [2.24, 2.45) is 0 Å². The molecule has 0 saturated carbocycles. The number of fused-ring (bicyclic) bond motifs is 1. The minimum Gasteiger partial charge on any atom is -0.483 e. The molecule has 158 valence electrons. The van der Waals surface area contributed by atoms with E-state index < -0.39 is 0 Å². The lowest BCUT2D eigenvalue weighted by atomic mass is 10.0. The molecule has 1 N–H and O–H groups in total. The Morgan fingerprint density at radius 1 is 1.06 bits per heavy atom. The van der Waals surface area contributed by atoms with Crippen molar-refractivity contribution in [1.29, 1.82) is 0 Å². The van der Waals surface area contributed by atoms with E-state index in [4.69, 9.17) is 9.15 Å². The molecule has 0 aliphatic rings. The van der Waals surface area contributed by atoms with E-state index in [1.165, 1.54) is 5.56 Å². The summed E-state index contributed by atoms with van der Waals surface area (Å²) in [6.45, 7) is 8.24. The maximum atomic E-state index is 12.4. The molecule has 4 rings (SSSR count). The number of nitrogens with one attached hydrogen (secondary N) is 1. The Kier molecular flexibility index (Phi) is 5.76. The SMILES string of the molecule is Cc1cccc(OCC(=O)Nc2cccc(-c3nc4cc(C(C)C)ccc4o3)c2)c1C. The van der Waals surface area contributed by atoms with Gasteiger partial charge in [-0.3, -0.25) is 4.79 Å². The normalized spacial score (nSPS) is 11.1. The number of hydrogen-bond donors (Lipinski definition) is 1. The molecule has 0 atom stereocenters. The average Bonchev–Trinajstić information content (AvgIpc) is 3.18. The number of oxazole rings is 1. The summed E-state index contributed by atoms with van der Waals surface area (Å²) in [4.78, 5) is 17.0. The zero-order valence-electron chi connectivity index (χ0n) is 18.2. The lowest BCUT2D eigenvalue weighted by Gasteiger charge is -2.11. The van der Waals surface area contributed by atoms with Gasteiger partial charge in [-0.2, -0.15) is 0 Å². The first-order chi connectivity index (χ1) is 14.9. The van der Waals surface area contributed by atoms with Crippen molar-refractivity contribution in [3.05, 3.63) is 77.4 Å². The molecule has 3 aromatic carbocycles.